The molecule has 0 fully saturated rings. The van der Waals surface area contributed by atoms with E-state index in [2.05, 4.69) is 5.16 Å². The average molecular weight is 442 g/mol. The molecule has 32 heavy (non-hydrogen) atoms. The standard InChI is InChI=1S/C19H19NO4.C6H12O2/c1-3-16(23-2)19(22)24-20-17(14-10-6-4-7-11-14)18(21)15-12-8-5-9-13-15;1-4-6(8-3)5(2)7/h4-13,16H,3H2,1-2H3;6H,4H2,1-3H3. The number of oxime groups is 1. The van der Waals surface area contributed by atoms with Crippen LogP contribution in [0.25, 0.3) is 0 Å². The van der Waals surface area contributed by atoms with Crippen molar-refractivity contribution in [1.82, 2.24) is 0 Å². The third-order valence-corrected chi connectivity index (χ3v) is 4.55. The summed E-state index contributed by atoms with van der Waals surface area (Å²) in [5, 5.41) is 3.82. The highest BCUT2D eigenvalue weighted by Crippen LogP contribution is 2.10. The fourth-order valence-corrected chi connectivity index (χ4v) is 2.75. The van der Waals surface area contributed by atoms with Crippen LogP contribution in [0.4, 0.5) is 0 Å². The molecule has 0 saturated carbocycles. The van der Waals surface area contributed by atoms with Crippen LogP contribution < -0.4 is 0 Å². The number of hydrogen-bond acceptors (Lipinski definition) is 7. The van der Waals surface area contributed by atoms with Crippen LogP contribution in [-0.2, 0) is 23.9 Å². The van der Waals surface area contributed by atoms with Crippen molar-refractivity contribution in [1.29, 1.82) is 0 Å². The number of hydrogen-bond donors (Lipinski definition) is 0. The summed E-state index contributed by atoms with van der Waals surface area (Å²) in [7, 11) is 2.97. The van der Waals surface area contributed by atoms with Crippen molar-refractivity contribution >= 4 is 23.2 Å². The molecule has 0 aliphatic rings. The molecule has 2 aromatic carbocycles. The topological polar surface area (TPSA) is 91.3 Å². The number of carbonyl (C=O) groups is 3. The predicted molar refractivity (Wildman–Crippen MR) is 123 cm³/mol. The van der Waals surface area contributed by atoms with E-state index in [9.17, 15) is 14.4 Å². The molecule has 2 atom stereocenters. The van der Waals surface area contributed by atoms with Gasteiger partial charge in [0, 0.05) is 25.3 Å². The second kappa shape index (κ2) is 14.8. The van der Waals surface area contributed by atoms with E-state index >= 15 is 0 Å². The summed E-state index contributed by atoms with van der Waals surface area (Å²) >= 11 is 0. The first-order valence-corrected chi connectivity index (χ1v) is 10.4. The van der Waals surface area contributed by atoms with Crippen LogP contribution in [-0.4, -0.2) is 49.7 Å². The minimum Gasteiger partial charge on any atom is -0.374 e. The quantitative estimate of drug-likeness (QED) is 0.237. The first-order chi connectivity index (χ1) is 15.4. The molecule has 172 valence electrons. The number of Topliss-reactive ketones (excluding diaryl/α,β-unsaturated/α-hetero) is 2. The van der Waals surface area contributed by atoms with Crippen molar-refractivity contribution in [2.45, 2.75) is 45.8 Å². The molecular formula is C25H31NO6. The Labute approximate surface area is 189 Å². The molecule has 7 heteroatoms. The Hall–Kier alpha value is -3.16. The molecule has 0 saturated heterocycles. The molecule has 0 N–H and O–H groups in total. The summed E-state index contributed by atoms with van der Waals surface area (Å²) in [4.78, 5) is 40.1. The molecule has 7 nitrogen and oxygen atoms in total. The predicted octanol–water partition coefficient (Wildman–Crippen LogP) is 4.24. The molecule has 0 aliphatic heterocycles. The zero-order valence-electron chi connectivity index (χ0n) is 19.2. The fourth-order valence-electron chi connectivity index (χ4n) is 2.75. The van der Waals surface area contributed by atoms with Crippen molar-refractivity contribution in [3.05, 3.63) is 71.8 Å². The van der Waals surface area contributed by atoms with Gasteiger partial charge < -0.3 is 14.3 Å². The SMILES string of the molecule is CCC(OC)C(=O)ON=C(C(=O)c1ccccc1)c1ccccc1.CCC(OC)C(C)=O. The van der Waals surface area contributed by atoms with Crippen molar-refractivity contribution in [3.63, 3.8) is 0 Å². The summed E-state index contributed by atoms with van der Waals surface area (Å²) < 4.78 is 9.83. The van der Waals surface area contributed by atoms with Crippen molar-refractivity contribution in [2.24, 2.45) is 5.16 Å². The number of ether oxygens (including phenoxy) is 2. The highest BCUT2D eigenvalue weighted by atomic mass is 16.7. The van der Waals surface area contributed by atoms with Crippen LogP contribution in [0.15, 0.2) is 65.8 Å². The maximum atomic E-state index is 12.7. The monoisotopic (exact) mass is 441 g/mol. The molecule has 0 amide bonds. The Kier molecular flexibility index (Phi) is 12.4. The van der Waals surface area contributed by atoms with Crippen molar-refractivity contribution in [2.75, 3.05) is 14.2 Å². The van der Waals surface area contributed by atoms with E-state index in [1.54, 1.807) is 62.6 Å². The number of benzene rings is 2. The Balaban J connectivity index is 0.000000547. The zero-order valence-corrected chi connectivity index (χ0v) is 19.2. The Morgan fingerprint density at radius 3 is 1.62 bits per heavy atom. The zero-order chi connectivity index (χ0) is 23.9. The molecule has 0 heterocycles. The van der Waals surface area contributed by atoms with Crippen LogP contribution in [0.5, 0.6) is 0 Å². The van der Waals surface area contributed by atoms with Crippen molar-refractivity contribution < 1.29 is 28.7 Å². The van der Waals surface area contributed by atoms with E-state index in [4.69, 9.17) is 14.3 Å². The van der Waals surface area contributed by atoms with Gasteiger partial charge in [0.05, 0.1) is 0 Å². The second-order valence-electron chi connectivity index (χ2n) is 6.79. The summed E-state index contributed by atoms with van der Waals surface area (Å²) in [6.45, 7) is 5.26. The summed E-state index contributed by atoms with van der Waals surface area (Å²) in [6.07, 6.45) is 0.330. The van der Waals surface area contributed by atoms with Gasteiger partial charge in [0.15, 0.2) is 17.6 Å². The first-order valence-electron chi connectivity index (χ1n) is 10.4. The van der Waals surface area contributed by atoms with E-state index in [1.807, 2.05) is 19.1 Å². The van der Waals surface area contributed by atoms with Crippen LogP contribution in [0.1, 0.15) is 49.5 Å². The van der Waals surface area contributed by atoms with Gasteiger partial charge in [-0.25, -0.2) is 4.79 Å². The van der Waals surface area contributed by atoms with E-state index in [0.29, 0.717) is 17.5 Å². The molecule has 2 rings (SSSR count). The Morgan fingerprint density at radius 2 is 1.25 bits per heavy atom. The van der Waals surface area contributed by atoms with Crippen LogP contribution in [0.3, 0.4) is 0 Å². The van der Waals surface area contributed by atoms with Gasteiger partial charge in [-0.3, -0.25) is 9.59 Å². The van der Waals surface area contributed by atoms with Gasteiger partial charge in [-0.2, -0.15) is 0 Å². The van der Waals surface area contributed by atoms with Crippen LogP contribution in [0, 0.1) is 0 Å². The normalized spacial score (nSPS) is 12.7. The van der Waals surface area contributed by atoms with Gasteiger partial charge in [-0.05, 0) is 19.8 Å². The van der Waals surface area contributed by atoms with Crippen LogP contribution in [0.2, 0.25) is 0 Å². The average Bonchev–Trinajstić information content (AvgIpc) is 2.82. The molecule has 0 aliphatic carbocycles. The van der Waals surface area contributed by atoms with Crippen LogP contribution >= 0.6 is 0 Å². The lowest BCUT2D eigenvalue weighted by atomic mass is 10.0. The van der Waals surface area contributed by atoms with Gasteiger partial charge >= 0.3 is 5.97 Å². The van der Waals surface area contributed by atoms with Gasteiger partial charge in [0.2, 0.25) is 5.78 Å². The highest BCUT2D eigenvalue weighted by Gasteiger charge is 2.21. The number of ketones is 2. The number of carbonyl (C=O) groups excluding carboxylic acids is 3. The number of methoxy groups -OCH3 is 2. The molecule has 0 spiro atoms. The molecule has 0 bridgehead atoms. The van der Waals surface area contributed by atoms with Gasteiger partial charge in [-0.15, -0.1) is 0 Å². The Bertz CT molecular complexity index is 872. The van der Waals surface area contributed by atoms with Gasteiger partial charge in [0.1, 0.15) is 6.10 Å². The maximum Gasteiger partial charge on any atom is 0.363 e. The molecule has 2 aromatic rings. The fraction of sp³-hybridized carbons (Fsp3) is 0.360. The lowest BCUT2D eigenvalue weighted by Gasteiger charge is -2.10. The largest absolute Gasteiger partial charge is 0.374 e. The van der Waals surface area contributed by atoms with E-state index in [-0.39, 0.29) is 23.4 Å². The third-order valence-electron chi connectivity index (χ3n) is 4.55. The minimum atomic E-state index is -0.711. The molecule has 0 aromatic heterocycles. The number of nitrogens with zero attached hydrogens (tertiary/aromatic N) is 1. The van der Waals surface area contributed by atoms with Gasteiger partial charge in [-0.1, -0.05) is 79.7 Å². The van der Waals surface area contributed by atoms with Gasteiger partial charge in [0.25, 0.3) is 0 Å². The summed E-state index contributed by atoms with van der Waals surface area (Å²) in [5.41, 5.74) is 1.11. The smallest absolute Gasteiger partial charge is 0.363 e. The maximum absolute atomic E-state index is 12.7. The molecule has 0 radical (unpaired) electrons. The van der Waals surface area contributed by atoms with Crippen molar-refractivity contribution in [3.8, 4) is 0 Å². The van der Waals surface area contributed by atoms with E-state index in [1.165, 1.54) is 14.0 Å². The summed E-state index contributed by atoms with van der Waals surface area (Å²) in [6, 6.07) is 17.6. The van der Waals surface area contributed by atoms with E-state index in [0.717, 1.165) is 6.42 Å². The summed E-state index contributed by atoms with van der Waals surface area (Å²) in [5.74, 6) is -0.843. The number of rotatable bonds is 10. The minimum absolute atomic E-state index is 0.0705. The third kappa shape index (κ3) is 8.53. The second-order valence-corrected chi connectivity index (χ2v) is 6.79. The van der Waals surface area contributed by atoms with E-state index < -0.39 is 12.1 Å². The lowest BCUT2D eigenvalue weighted by molar-refractivity contribution is -0.155. The lowest BCUT2D eigenvalue weighted by Crippen LogP contribution is -2.24. The highest BCUT2D eigenvalue weighted by molar-refractivity contribution is 6.51. The molecular weight excluding hydrogens is 410 g/mol. The molecule has 2 unspecified atom stereocenters. The Morgan fingerprint density at radius 1 is 0.781 bits per heavy atom. The first kappa shape index (κ1) is 26.9.